The van der Waals surface area contributed by atoms with Gasteiger partial charge in [-0.25, -0.2) is 0 Å². The lowest BCUT2D eigenvalue weighted by Gasteiger charge is -2.33. The zero-order valence-electron chi connectivity index (χ0n) is 15.1. The molecule has 2 fully saturated rings. The van der Waals surface area contributed by atoms with Crippen LogP contribution in [0.3, 0.4) is 0 Å². The third kappa shape index (κ3) is 4.07. The van der Waals surface area contributed by atoms with Crippen LogP contribution < -0.4 is 15.6 Å². The first-order valence-electron chi connectivity index (χ1n) is 9.93. The average molecular weight is 375 g/mol. The van der Waals surface area contributed by atoms with Crippen LogP contribution in [0.15, 0.2) is 29.2 Å². The van der Waals surface area contributed by atoms with Gasteiger partial charge in [-0.05, 0) is 62.1 Å². The molecule has 0 saturated heterocycles. The fraction of sp³-hybridized carbons (Fsp3) is 0.571. The minimum atomic E-state index is -0.120. The smallest absolute Gasteiger partial charge is 0.255 e. The van der Waals surface area contributed by atoms with E-state index in [1.54, 1.807) is 12.3 Å². The van der Waals surface area contributed by atoms with Crippen LogP contribution in [0, 0.1) is 0 Å². The van der Waals surface area contributed by atoms with E-state index < -0.39 is 0 Å². The van der Waals surface area contributed by atoms with E-state index in [4.69, 9.17) is 16.3 Å². The first-order chi connectivity index (χ1) is 12.7. The monoisotopic (exact) mass is 374 g/mol. The van der Waals surface area contributed by atoms with Gasteiger partial charge in [-0.15, -0.1) is 0 Å². The highest BCUT2D eigenvalue weighted by Gasteiger charge is 2.25. The molecule has 2 saturated carbocycles. The molecule has 0 spiro atoms. The number of halogens is 1. The summed E-state index contributed by atoms with van der Waals surface area (Å²) in [5, 5.41) is 5.84. The second-order valence-electron chi connectivity index (χ2n) is 7.77. The molecule has 0 amide bonds. The molecule has 5 heteroatoms. The molecule has 2 aliphatic rings. The number of ether oxygens (including phenoxy) is 1. The predicted octanol–water partition coefficient (Wildman–Crippen LogP) is 4.79. The van der Waals surface area contributed by atoms with E-state index in [-0.39, 0.29) is 11.7 Å². The van der Waals surface area contributed by atoms with Crippen LogP contribution in [0.25, 0.3) is 10.8 Å². The number of rotatable bonds is 4. The Hall–Kier alpha value is -1.52. The molecule has 2 N–H and O–H groups in total. The van der Waals surface area contributed by atoms with Crippen LogP contribution in [0.4, 0.5) is 0 Å². The topological polar surface area (TPSA) is 54.1 Å². The molecule has 1 heterocycles. The molecule has 0 atom stereocenters. The number of hydrogen-bond donors (Lipinski definition) is 2. The first-order valence-corrected chi connectivity index (χ1v) is 10.3. The Kier molecular flexibility index (Phi) is 5.51. The van der Waals surface area contributed by atoms with E-state index in [1.165, 1.54) is 32.1 Å². The molecular formula is C21H27ClN2O2. The van der Waals surface area contributed by atoms with Crippen molar-refractivity contribution in [1.29, 1.82) is 0 Å². The molecule has 26 heavy (non-hydrogen) atoms. The van der Waals surface area contributed by atoms with Gasteiger partial charge in [0.2, 0.25) is 0 Å². The van der Waals surface area contributed by atoms with E-state index in [0.29, 0.717) is 22.2 Å². The summed E-state index contributed by atoms with van der Waals surface area (Å²) in [4.78, 5) is 14.5. The Morgan fingerprint density at radius 2 is 1.73 bits per heavy atom. The summed E-state index contributed by atoms with van der Waals surface area (Å²) in [5.74, 6) is 0.688. The van der Waals surface area contributed by atoms with Crippen molar-refractivity contribution in [3.8, 4) is 5.75 Å². The SMILES string of the molecule is O=c1[nH]ccc2cc(O[C@H]3CC[C@H](NC4CCCCC4)CC3)c(Cl)cc12. The number of fused-ring (bicyclic) bond motifs is 1. The van der Waals surface area contributed by atoms with Crippen molar-refractivity contribution in [1.82, 2.24) is 10.3 Å². The normalized spacial score (nSPS) is 24.7. The van der Waals surface area contributed by atoms with Gasteiger partial charge in [-0.1, -0.05) is 30.9 Å². The van der Waals surface area contributed by atoms with Crippen molar-refractivity contribution >= 4 is 22.4 Å². The third-order valence-electron chi connectivity index (χ3n) is 5.87. The number of aromatic amines is 1. The number of benzene rings is 1. The van der Waals surface area contributed by atoms with Gasteiger partial charge in [0.25, 0.3) is 5.56 Å². The van der Waals surface area contributed by atoms with Gasteiger partial charge < -0.3 is 15.0 Å². The molecule has 4 rings (SSSR count). The zero-order valence-corrected chi connectivity index (χ0v) is 15.9. The maximum Gasteiger partial charge on any atom is 0.255 e. The van der Waals surface area contributed by atoms with E-state index in [0.717, 1.165) is 37.1 Å². The van der Waals surface area contributed by atoms with Crippen molar-refractivity contribution in [3.05, 3.63) is 39.8 Å². The summed E-state index contributed by atoms with van der Waals surface area (Å²) in [5.41, 5.74) is -0.120. The summed E-state index contributed by atoms with van der Waals surface area (Å²) in [6.07, 6.45) is 13.1. The second-order valence-corrected chi connectivity index (χ2v) is 8.18. The third-order valence-corrected chi connectivity index (χ3v) is 6.17. The maximum absolute atomic E-state index is 11.9. The van der Waals surface area contributed by atoms with Gasteiger partial charge in [0.1, 0.15) is 5.75 Å². The van der Waals surface area contributed by atoms with Crippen LogP contribution in [0.2, 0.25) is 5.02 Å². The predicted molar refractivity (Wildman–Crippen MR) is 106 cm³/mol. The number of H-pyrrole nitrogens is 1. The Bertz CT molecular complexity index is 805. The summed E-state index contributed by atoms with van der Waals surface area (Å²) >= 11 is 6.36. The second kappa shape index (κ2) is 8.01. The number of nitrogens with one attached hydrogen (secondary N) is 2. The van der Waals surface area contributed by atoms with Gasteiger partial charge >= 0.3 is 0 Å². The lowest BCUT2D eigenvalue weighted by atomic mass is 9.89. The van der Waals surface area contributed by atoms with Crippen LogP contribution in [0.5, 0.6) is 5.75 Å². The molecule has 0 radical (unpaired) electrons. The van der Waals surface area contributed by atoms with Crippen molar-refractivity contribution < 1.29 is 4.74 Å². The molecule has 0 aliphatic heterocycles. The molecule has 4 nitrogen and oxygen atoms in total. The summed E-state index contributed by atoms with van der Waals surface area (Å²) in [6, 6.07) is 6.83. The fourth-order valence-electron chi connectivity index (χ4n) is 4.41. The van der Waals surface area contributed by atoms with Crippen molar-refractivity contribution in [3.63, 3.8) is 0 Å². The van der Waals surface area contributed by atoms with Crippen LogP contribution >= 0.6 is 11.6 Å². The van der Waals surface area contributed by atoms with Gasteiger partial charge in [0.05, 0.1) is 11.1 Å². The standard InChI is InChI=1S/C21H27ClN2O2/c22-19-13-18-14(10-11-23-21(18)25)12-20(19)26-17-8-6-16(7-9-17)24-15-4-2-1-3-5-15/h10-13,15-17,24H,1-9H2,(H,23,25)/t16-,17-. The first kappa shape index (κ1) is 17.9. The largest absolute Gasteiger partial charge is 0.489 e. The van der Waals surface area contributed by atoms with Crippen LogP contribution in [-0.2, 0) is 0 Å². The highest BCUT2D eigenvalue weighted by atomic mass is 35.5. The van der Waals surface area contributed by atoms with E-state index in [2.05, 4.69) is 10.3 Å². The van der Waals surface area contributed by atoms with E-state index in [1.807, 2.05) is 12.1 Å². The van der Waals surface area contributed by atoms with E-state index in [9.17, 15) is 4.79 Å². The summed E-state index contributed by atoms with van der Waals surface area (Å²) in [6.45, 7) is 0. The highest BCUT2D eigenvalue weighted by Crippen LogP contribution is 2.32. The molecule has 0 unspecified atom stereocenters. The number of pyridine rings is 1. The number of hydrogen-bond acceptors (Lipinski definition) is 3. The molecule has 1 aromatic carbocycles. The lowest BCUT2D eigenvalue weighted by molar-refractivity contribution is 0.134. The van der Waals surface area contributed by atoms with Gasteiger partial charge in [0.15, 0.2) is 0 Å². The number of aromatic nitrogens is 1. The maximum atomic E-state index is 11.9. The van der Waals surface area contributed by atoms with Crippen molar-refractivity contribution in [2.75, 3.05) is 0 Å². The van der Waals surface area contributed by atoms with Gasteiger partial charge in [0, 0.05) is 23.7 Å². The molecule has 140 valence electrons. The van der Waals surface area contributed by atoms with E-state index >= 15 is 0 Å². The minimum absolute atomic E-state index is 0.120. The Morgan fingerprint density at radius 3 is 2.50 bits per heavy atom. The molecule has 2 aromatic rings. The molecule has 1 aromatic heterocycles. The highest BCUT2D eigenvalue weighted by molar-refractivity contribution is 6.32. The Labute approximate surface area is 159 Å². The Balaban J connectivity index is 1.36. The van der Waals surface area contributed by atoms with Crippen molar-refractivity contribution in [2.24, 2.45) is 0 Å². The Morgan fingerprint density at radius 1 is 1.00 bits per heavy atom. The lowest BCUT2D eigenvalue weighted by Crippen LogP contribution is -2.42. The molecular weight excluding hydrogens is 348 g/mol. The molecule has 2 aliphatic carbocycles. The van der Waals surface area contributed by atoms with Gasteiger partial charge in [-0.3, -0.25) is 4.79 Å². The van der Waals surface area contributed by atoms with Crippen LogP contribution in [0.1, 0.15) is 57.8 Å². The molecule has 0 bridgehead atoms. The fourth-order valence-corrected chi connectivity index (χ4v) is 4.62. The average Bonchev–Trinajstić information content (AvgIpc) is 2.66. The van der Waals surface area contributed by atoms with Gasteiger partial charge in [-0.2, -0.15) is 0 Å². The van der Waals surface area contributed by atoms with Crippen LogP contribution in [-0.4, -0.2) is 23.2 Å². The zero-order chi connectivity index (χ0) is 17.9. The summed E-state index contributed by atoms with van der Waals surface area (Å²) in [7, 11) is 0. The minimum Gasteiger partial charge on any atom is -0.489 e. The van der Waals surface area contributed by atoms with Crippen molar-refractivity contribution in [2.45, 2.75) is 76.0 Å². The quantitative estimate of drug-likeness (QED) is 0.808. The summed E-state index contributed by atoms with van der Waals surface area (Å²) < 4.78 is 6.20.